The number of ether oxygens (including phenoxy) is 3. The van der Waals surface area contributed by atoms with E-state index in [4.69, 9.17) is 14.2 Å². The summed E-state index contributed by atoms with van der Waals surface area (Å²) in [6, 6.07) is 11.3. The van der Waals surface area contributed by atoms with Crippen molar-refractivity contribution in [2.75, 3.05) is 12.4 Å². The third-order valence-corrected chi connectivity index (χ3v) is 5.61. The Morgan fingerprint density at radius 2 is 1.41 bits per heavy atom. The summed E-state index contributed by atoms with van der Waals surface area (Å²) in [5.74, 6) is -0.147. The second-order valence-corrected chi connectivity index (χ2v) is 8.60. The number of para-hydroxylation sites is 2. The largest absolute Gasteiger partial charge is 0.461 e. The average Bonchev–Trinajstić information content (AvgIpc) is 2.87. The van der Waals surface area contributed by atoms with Crippen LogP contribution in [0.3, 0.4) is 0 Å². The fourth-order valence-corrected chi connectivity index (χ4v) is 3.71. The van der Waals surface area contributed by atoms with Crippen LogP contribution in [0.2, 0.25) is 0 Å². The second-order valence-electron chi connectivity index (χ2n) is 8.60. The molecular weight excluding hydrogens is 480 g/mol. The van der Waals surface area contributed by atoms with E-state index in [0.717, 1.165) is 25.7 Å². The standard InChI is InChI=1S/C27H34N2O8/c1-20(30)11-6-4-3-5-7-16-25(31)36-19-23-14-10-13-22(17-35-2)26(23)28-27(32)37-18-21-12-8-9-15-24(21)29(33)34/h8-10,12-15H,3-7,11,16-19H2,1-2H3,(H,28,32). The quantitative estimate of drug-likeness (QED) is 0.128. The van der Waals surface area contributed by atoms with Gasteiger partial charge < -0.3 is 19.0 Å². The molecule has 0 unspecified atom stereocenters. The first-order valence-electron chi connectivity index (χ1n) is 12.2. The van der Waals surface area contributed by atoms with E-state index < -0.39 is 11.0 Å². The molecule has 0 aliphatic rings. The molecule has 0 bridgehead atoms. The Balaban J connectivity index is 1.91. The van der Waals surface area contributed by atoms with Gasteiger partial charge in [0, 0.05) is 37.1 Å². The lowest BCUT2D eigenvalue weighted by Gasteiger charge is -2.16. The molecule has 200 valence electrons. The normalized spacial score (nSPS) is 10.5. The Kier molecular flexibility index (Phi) is 12.8. The molecule has 1 amide bonds. The van der Waals surface area contributed by atoms with Gasteiger partial charge in [-0.1, -0.05) is 49.6 Å². The molecule has 0 radical (unpaired) electrons. The first-order chi connectivity index (χ1) is 17.8. The Labute approximate surface area is 216 Å². The van der Waals surface area contributed by atoms with Crippen LogP contribution >= 0.6 is 0 Å². The lowest BCUT2D eigenvalue weighted by molar-refractivity contribution is -0.385. The highest BCUT2D eigenvalue weighted by Gasteiger charge is 2.17. The molecule has 0 aliphatic heterocycles. The van der Waals surface area contributed by atoms with Crippen molar-refractivity contribution in [2.24, 2.45) is 0 Å². The molecule has 0 heterocycles. The summed E-state index contributed by atoms with van der Waals surface area (Å²) < 4.78 is 15.9. The average molecular weight is 515 g/mol. The van der Waals surface area contributed by atoms with Crippen LogP contribution in [-0.2, 0) is 43.6 Å². The van der Waals surface area contributed by atoms with E-state index in [1.54, 1.807) is 31.2 Å². The minimum atomic E-state index is -0.806. The number of hydrogen-bond donors (Lipinski definition) is 1. The maximum atomic E-state index is 12.5. The van der Waals surface area contributed by atoms with Crippen molar-refractivity contribution in [1.82, 2.24) is 0 Å². The number of carbonyl (C=O) groups is 3. The van der Waals surface area contributed by atoms with Crippen LogP contribution in [0.1, 0.15) is 68.6 Å². The molecule has 0 atom stereocenters. The number of nitrogens with zero attached hydrogens (tertiary/aromatic N) is 1. The number of rotatable bonds is 16. The maximum absolute atomic E-state index is 12.5. The third kappa shape index (κ3) is 10.8. The molecule has 0 aliphatic carbocycles. The lowest BCUT2D eigenvalue weighted by atomic mass is 10.1. The summed E-state index contributed by atoms with van der Waals surface area (Å²) in [7, 11) is 1.52. The van der Waals surface area contributed by atoms with Gasteiger partial charge in [-0.3, -0.25) is 20.2 Å². The molecule has 1 N–H and O–H groups in total. The molecule has 0 fully saturated rings. The summed E-state index contributed by atoms with van der Waals surface area (Å²) in [5, 5.41) is 13.8. The summed E-state index contributed by atoms with van der Waals surface area (Å²) in [5.41, 5.74) is 1.74. The smallest absolute Gasteiger partial charge is 0.411 e. The zero-order chi connectivity index (χ0) is 27.0. The van der Waals surface area contributed by atoms with Crippen molar-refractivity contribution in [2.45, 2.75) is 71.7 Å². The van der Waals surface area contributed by atoms with E-state index in [1.165, 1.54) is 25.3 Å². The van der Waals surface area contributed by atoms with Crippen molar-refractivity contribution in [3.8, 4) is 0 Å². The van der Waals surface area contributed by atoms with Gasteiger partial charge in [0.25, 0.3) is 5.69 Å². The predicted molar refractivity (Wildman–Crippen MR) is 137 cm³/mol. The molecule has 10 heteroatoms. The lowest BCUT2D eigenvalue weighted by Crippen LogP contribution is -2.17. The van der Waals surface area contributed by atoms with E-state index in [1.807, 2.05) is 0 Å². The Morgan fingerprint density at radius 1 is 0.811 bits per heavy atom. The van der Waals surface area contributed by atoms with Crippen molar-refractivity contribution in [1.29, 1.82) is 0 Å². The number of anilines is 1. The van der Waals surface area contributed by atoms with Crippen LogP contribution < -0.4 is 5.32 Å². The topological polar surface area (TPSA) is 134 Å². The van der Waals surface area contributed by atoms with Gasteiger partial charge in [-0.25, -0.2) is 4.79 Å². The Hall–Kier alpha value is -3.79. The minimum absolute atomic E-state index is 0.0469. The van der Waals surface area contributed by atoms with Gasteiger partial charge in [0.2, 0.25) is 0 Å². The molecule has 2 aromatic rings. The number of ketones is 1. The van der Waals surface area contributed by atoms with Crippen LogP contribution in [-0.4, -0.2) is 29.9 Å². The summed E-state index contributed by atoms with van der Waals surface area (Å²) in [6.07, 6.45) is 4.45. The number of Topliss-reactive ketones (excluding diaryl/α,β-unsaturated/α-hetero) is 1. The Bertz CT molecular complexity index is 1070. The van der Waals surface area contributed by atoms with E-state index in [0.29, 0.717) is 29.7 Å². The van der Waals surface area contributed by atoms with Gasteiger partial charge in [0.1, 0.15) is 19.0 Å². The number of nitrogens with one attached hydrogen (secondary N) is 1. The third-order valence-electron chi connectivity index (χ3n) is 5.61. The molecular formula is C27H34N2O8. The first-order valence-corrected chi connectivity index (χ1v) is 12.2. The summed E-state index contributed by atoms with van der Waals surface area (Å²) in [6.45, 7) is 1.46. The minimum Gasteiger partial charge on any atom is -0.461 e. The van der Waals surface area contributed by atoms with E-state index in [2.05, 4.69) is 5.32 Å². The van der Waals surface area contributed by atoms with Crippen LogP contribution in [0, 0.1) is 10.1 Å². The highest BCUT2D eigenvalue weighted by molar-refractivity contribution is 5.87. The predicted octanol–water partition coefficient (Wildman–Crippen LogP) is 5.85. The van der Waals surface area contributed by atoms with E-state index in [-0.39, 0.29) is 49.2 Å². The molecule has 0 aromatic heterocycles. The van der Waals surface area contributed by atoms with Crippen molar-refractivity contribution >= 4 is 29.2 Å². The highest BCUT2D eigenvalue weighted by Crippen LogP contribution is 2.24. The number of esters is 1. The van der Waals surface area contributed by atoms with Gasteiger partial charge in [0.05, 0.1) is 22.8 Å². The van der Waals surface area contributed by atoms with Crippen LogP contribution in [0.15, 0.2) is 42.5 Å². The Morgan fingerprint density at radius 3 is 2.08 bits per heavy atom. The van der Waals surface area contributed by atoms with Crippen LogP contribution in [0.4, 0.5) is 16.2 Å². The molecule has 0 saturated heterocycles. The number of carbonyl (C=O) groups excluding carboxylic acids is 3. The zero-order valence-corrected chi connectivity index (χ0v) is 21.3. The molecule has 2 rings (SSSR count). The molecule has 0 spiro atoms. The number of nitro groups is 1. The van der Waals surface area contributed by atoms with Gasteiger partial charge >= 0.3 is 12.1 Å². The van der Waals surface area contributed by atoms with Crippen LogP contribution in [0.5, 0.6) is 0 Å². The van der Waals surface area contributed by atoms with Gasteiger partial charge in [0.15, 0.2) is 0 Å². The van der Waals surface area contributed by atoms with Gasteiger partial charge in [-0.2, -0.15) is 0 Å². The van der Waals surface area contributed by atoms with E-state index >= 15 is 0 Å². The number of methoxy groups -OCH3 is 1. The fourth-order valence-electron chi connectivity index (χ4n) is 3.71. The van der Waals surface area contributed by atoms with Crippen molar-refractivity contribution in [3.63, 3.8) is 0 Å². The summed E-state index contributed by atoms with van der Waals surface area (Å²) in [4.78, 5) is 46.4. The van der Waals surface area contributed by atoms with Crippen molar-refractivity contribution < 1.29 is 33.5 Å². The second kappa shape index (κ2) is 16.1. The van der Waals surface area contributed by atoms with E-state index in [9.17, 15) is 24.5 Å². The number of amides is 1. The number of hydrogen-bond acceptors (Lipinski definition) is 8. The van der Waals surface area contributed by atoms with Crippen molar-refractivity contribution in [3.05, 3.63) is 69.3 Å². The summed E-state index contributed by atoms with van der Waals surface area (Å²) >= 11 is 0. The first kappa shape index (κ1) is 29.4. The van der Waals surface area contributed by atoms with Crippen LogP contribution in [0.25, 0.3) is 0 Å². The number of benzene rings is 2. The molecule has 37 heavy (non-hydrogen) atoms. The number of unbranched alkanes of at least 4 members (excludes halogenated alkanes) is 4. The molecule has 2 aromatic carbocycles. The zero-order valence-electron chi connectivity index (χ0n) is 21.3. The molecule has 10 nitrogen and oxygen atoms in total. The van der Waals surface area contributed by atoms with Gasteiger partial charge in [-0.15, -0.1) is 0 Å². The van der Waals surface area contributed by atoms with Gasteiger partial charge in [-0.05, 0) is 25.8 Å². The maximum Gasteiger partial charge on any atom is 0.411 e. The number of nitro benzene ring substituents is 1. The fraction of sp³-hybridized carbons (Fsp3) is 0.444. The molecule has 0 saturated carbocycles. The monoisotopic (exact) mass is 514 g/mol. The SMILES string of the molecule is COCc1cccc(COC(=O)CCCCCCCC(C)=O)c1NC(=O)OCc1ccccc1[N+](=O)[O-]. The highest BCUT2D eigenvalue weighted by atomic mass is 16.6.